The Bertz CT molecular complexity index is 773. The number of esters is 1. The van der Waals surface area contributed by atoms with Crippen molar-refractivity contribution in [1.29, 1.82) is 0 Å². The van der Waals surface area contributed by atoms with Crippen molar-refractivity contribution in [1.82, 2.24) is 14.8 Å². The minimum atomic E-state index is -0.292. The summed E-state index contributed by atoms with van der Waals surface area (Å²) in [6.45, 7) is 12.5. The topological polar surface area (TPSA) is 66.2 Å². The van der Waals surface area contributed by atoms with Crippen molar-refractivity contribution >= 4 is 17.7 Å². The normalized spacial score (nSPS) is 11.8. The van der Waals surface area contributed by atoms with Crippen LogP contribution in [0, 0.1) is 13.8 Å². The van der Waals surface area contributed by atoms with E-state index in [0.717, 1.165) is 11.3 Å². The molecule has 2 rings (SSSR count). The molecule has 1 unspecified atom stereocenters. The standard InChI is InChI=1S/C19H25N3O3S/c1-6-11-22-18(20-21-19(22)26-12-17(23)24-7-2)15(5)25-16-10-8-9-13(3)14(16)4/h6,8-10,15H,1,7,11-12H2,2-5H3. The van der Waals surface area contributed by atoms with Crippen molar-refractivity contribution in [2.24, 2.45) is 0 Å². The smallest absolute Gasteiger partial charge is 0.316 e. The lowest BCUT2D eigenvalue weighted by Gasteiger charge is -2.17. The lowest BCUT2D eigenvalue weighted by Crippen LogP contribution is -2.13. The van der Waals surface area contributed by atoms with Gasteiger partial charge in [-0.1, -0.05) is 30.0 Å². The number of nitrogens with zero attached hydrogens (tertiary/aromatic N) is 3. The SMILES string of the molecule is C=CCn1c(SCC(=O)OCC)nnc1C(C)Oc1cccc(C)c1C. The molecule has 1 heterocycles. The first-order valence-corrected chi connectivity index (χ1v) is 9.51. The van der Waals surface area contributed by atoms with Crippen LogP contribution in [-0.2, 0) is 16.1 Å². The lowest BCUT2D eigenvalue weighted by atomic mass is 10.1. The first-order valence-electron chi connectivity index (χ1n) is 8.53. The molecule has 0 aliphatic rings. The maximum atomic E-state index is 11.6. The molecule has 0 aliphatic heterocycles. The second kappa shape index (κ2) is 9.43. The summed E-state index contributed by atoms with van der Waals surface area (Å²) in [5.41, 5.74) is 2.28. The van der Waals surface area contributed by atoms with Gasteiger partial charge in [-0.05, 0) is 44.9 Å². The van der Waals surface area contributed by atoms with Crippen LogP contribution in [-0.4, -0.2) is 33.1 Å². The van der Waals surface area contributed by atoms with Gasteiger partial charge >= 0.3 is 5.97 Å². The predicted octanol–water partition coefficient (Wildman–Crippen LogP) is 3.88. The minimum Gasteiger partial charge on any atom is -0.482 e. The zero-order valence-electron chi connectivity index (χ0n) is 15.7. The molecule has 6 nitrogen and oxygen atoms in total. The van der Waals surface area contributed by atoms with Crippen LogP contribution in [0.3, 0.4) is 0 Å². The Balaban J connectivity index is 2.18. The molecule has 26 heavy (non-hydrogen) atoms. The molecular weight excluding hydrogens is 350 g/mol. The van der Waals surface area contributed by atoms with E-state index < -0.39 is 0 Å². The minimum absolute atomic E-state index is 0.190. The van der Waals surface area contributed by atoms with Gasteiger partial charge in [0.2, 0.25) is 0 Å². The Morgan fingerprint density at radius 1 is 1.38 bits per heavy atom. The summed E-state index contributed by atoms with van der Waals surface area (Å²) < 4.78 is 13.0. The van der Waals surface area contributed by atoms with Gasteiger partial charge in [0.15, 0.2) is 17.1 Å². The van der Waals surface area contributed by atoms with Crippen molar-refractivity contribution in [2.45, 2.75) is 45.5 Å². The zero-order valence-corrected chi connectivity index (χ0v) is 16.5. The summed E-state index contributed by atoms with van der Waals surface area (Å²) in [5, 5.41) is 9.13. The first-order chi connectivity index (χ1) is 12.5. The number of allylic oxidation sites excluding steroid dienone is 1. The van der Waals surface area contributed by atoms with Gasteiger partial charge in [0.25, 0.3) is 0 Å². The highest BCUT2D eigenvalue weighted by atomic mass is 32.2. The molecule has 0 amide bonds. The van der Waals surface area contributed by atoms with E-state index in [9.17, 15) is 4.79 Å². The lowest BCUT2D eigenvalue weighted by molar-refractivity contribution is -0.139. The van der Waals surface area contributed by atoms with Crippen LogP contribution >= 0.6 is 11.8 Å². The fourth-order valence-electron chi connectivity index (χ4n) is 2.43. The van der Waals surface area contributed by atoms with E-state index in [2.05, 4.69) is 29.8 Å². The van der Waals surface area contributed by atoms with Crippen LogP contribution in [0.5, 0.6) is 5.75 Å². The predicted molar refractivity (Wildman–Crippen MR) is 103 cm³/mol. The Morgan fingerprint density at radius 3 is 2.85 bits per heavy atom. The van der Waals surface area contributed by atoms with Crippen molar-refractivity contribution in [2.75, 3.05) is 12.4 Å². The maximum absolute atomic E-state index is 11.6. The number of hydrogen-bond donors (Lipinski definition) is 0. The van der Waals surface area contributed by atoms with E-state index in [-0.39, 0.29) is 17.8 Å². The first kappa shape index (κ1) is 20.0. The number of thioether (sulfide) groups is 1. The van der Waals surface area contributed by atoms with E-state index >= 15 is 0 Å². The molecule has 1 aromatic carbocycles. The van der Waals surface area contributed by atoms with Crippen molar-refractivity contribution < 1.29 is 14.3 Å². The van der Waals surface area contributed by atoms with Crippen LogP contribution in [0.4, 0.5) is 0 Å². The Kier molecular flexibility index (Phi) is 7.26. The summed E-state index contributed by atoms with van der Waals surface area (Å²) in [4.78, 5) is 11.6. The second-order valence-electron chi connectivity index (χ2n) is 5.79. The number of benzene rings is 1. The maximum Gasteiger partial charge on any atom is 0.316 e. The number of rotatable bonds is 9. The average molecular weight is 375 g/mol. The van der Waals surface area contributed by atoms with Gasteiger partial charge in [-0.25, -0.2) is 0 Å². The third-order valence-electron chi connectivity index (χ3n) is 3.90. The molecule has 0 spiro atoms. The number of aryl methyl sites for hydroxylation is 1. The highest BCUT2D eigenvalue weighted by Gasteiger charge is 2.20. The van der Waals surface area contributed by atoms with Gasteiger partial charge in [-0.15, -0.1) is 16.8 Å². The molecule has 0 saturated heterocycles. The van der Waals surface area contributed by atoms with E-state index in [1.807, 2.05) is 30.5 Å². The fraction of sp³-hybridized carbons (Fsp3) is 0.421. The number of carbonyl (C=O) groups is 1. The molecule has 0 N–H and O–H groups in total. The van der Waals surface area contributed by atoms with Crippen LogP contribution < -0.4 is 4.74 Å². The van der Waals surface area contributed by atoms with Gasteiger partial charge < -0.3 is 9.47 Å². The molecule has 2 aromatic rings. The number of carbonyl (C=O) groups excluding carboxylic acids is 1. The van der Waals surface area contributed by atoms with Gasteiger partial charge in [-0.3, -0.25) is 9.36 Å². The fourth-order valence-corrected chi connectivity index (χ4v) is 3.18. The largest absolute Gasteiger partial charge is 0.482 e. The average Bonchev–Trinajstić information content (AvgIpc) is 3.00. The molecule has 1 aromatic heterocycles. The summed E-state index contributed by atoms with van der Waals surface area (Å²) in [6.07, 6.45) is 1.48. The molecule has 140 valence electrons. The molecule has 0 bridgehead atoms. The molecule has 0 aliphatic carbocycles. The van der Waals surface area contributed by atoms with E-state index in [1.54, 1.807) is 13.0 Å². The summed E-state index contributed by atoms with van der Waals surface area (Å²) >= 11 is 1.30. The van der Waals surface area contributed by atoms with Crippen LogP contribution in [0.25, 0.3) is 0 Å². The summed E-state index contributed by atoms with van der Waals surface area (Å²) in [7, 11) is 0. The summed E-state index contributed by atoms with van der Waals surface area (Å²) in [5.74, 6) is 1.44. The third kappa shape index (κ3) is 4.88. The van der Waals surface area contributed by atoms with Gasteiger partial charge in [-0.2, -0.15) is 0 Å². The summed E-state index contributed by atoms with van der Waals surface area (Å²) in [6, 6.07) is 5.97. The molecule has 7 heteroatoms. The molecule has 0 fully saturated rings. The Morgan fingerprint density at radius 2 is 2.15 bits per heavy atom. The Hall–Kier alpha value is -2.28. The zero-order chi connectivity index (χ0) is 19.1. The number of hydrogen-bond acceptors (Lipinski definition) is 6. The molecule has 1 atom stereocenters. The van der Waals surface area contributed by atoms with Crippen molar-refractivity contribution in [3.8, 4) is 5.75 Å². The van der Waals surface area contributed by atoms with Gasteiger partial charge in [0, 0.05) is 6.54 Å². The highest BCUT2D eigenvalue weighted by Crippen LogP contribution is 2.28. The third-order valence-corrected chi connectivity index (χ3v) is 4.84. The van der Waals surface area contributed by atoms with Crippen molar-refractivity contribution in [3.05, 3.63) is 47.8 Å². The van der Waals surface area contributed by atoms with Crippen LogP contribution in [0.2, 0.25) is 0 Å². The quantitative estimate of drug-likeness (QED) is 0.376. The van der Waals surface area contributed by atoms with Crippen LogP contribution in [0.15, 0.2) is 36.0 Å². The van der Waals surface area contributed by atoms with E-state index in [1.165, 1.54) is 17.3 Å². The monoisotopic (exact) mass is 375 g/mol. The van der Waals surface area contributed by atoms with Crippen LogP contribution in [0.1, 0.15) is 36.9 Å². The second-order valence-corrected chi connectivity index (χ2v) is 6.73. The van der Waals surface area contributed by atoms with Gasteiger partial charge in [0.1, 0.15) is 5.75 Å². The van der Waals surface area contributed by atoms with E-state index in [4.69, 9.17) is 9.47 Å². The molecule has 0 saturated carbocycles. The number of ether oxygens (including phenoxy) is 2. The van der Waals surface area contributed by atoms with Gasteiger partial charge in [0.05, 0.1) is 12.4 Å². The highest BCUT2D eigenvalue weighted by molar-refractivity contribution is 7.99. The van der Waals surface area contributed by atoms with E-state index in [0.29, 0.717) is 24.1 Å². The molecule has 0 radical (unpaired) electrons. The number of aromatic nitrogens is 3. The Labute approximate surface area is 158 Å². The van der Waals surface area contributed by atoms with Crippen molar-refractivity contribution in [3.63, 3.8) is 0 Å². The molecular formula is C19H25N3O3S.